The summed E-state index contributed by atoms with van der Waals surface area (Å²) < 4.78 is 5.87. The van der Waals surface area contributed by atoms with Crippen LogP contribution in [0.1, 0.15) is 52.0 Å². The fourth-order valence-electron chi connectivity index (χ4n) is 2.86. The largest absolute Gasteiger partial charge is 0.491 e. The van der Waals surface area contributed by atoms with Crippen LogP contribution >= 0.6 is 0 Å². The van der Waals surface area contributed by atoms with Gasteiger partial charge in [0, 0.05) is 6.04 Å². The van der Waals surface area contributed by atoms with Crippen molar-refractivity contribution in [1.82, 2.24) is 0 Å². The second-order valence-electron chi connectivity index (χ2n) is 6.60. The highest BCUT2D eigenvalue weighted by Gasteiger charge is 2.31. The van der Waals surface area contributed by atoms with Crippen LogP contribution in [0, 0.1) is 12.3 Å². The van der Waals surface area contributed by atoms with Gasteiger partial charge in [-0.2, -0.15) is 0 Å². The molecule has 1 N–H and O–H groups in total. The van der Waals surface area contributed by atoms with Crippen molar-refractivity contribution in [1.29, 1.82) is 0 Å². The van der Waals surface area contributed by atoms with E-state index in [0.717, 1.165) is 24.5 Å². The number of aryl methyl sites for hydroxylation is 1. The minimum Gasteiger partial charge on any atom is -0.491 e. The van der Waals surface area contributed by atoms with Crippen molar-refractivity contribution in [3.05, 3.63) is 23.8 Å². The van der Waals surface area contributed by atoms with Crippen LogP contribution in [0.25, 0.3) is 0 Å². The lowest BCUT2D eigenvalue weighted by Gasteiger charge is -2.20. The smallest absolute Gasteiger partial charge is 0.142 e. The van der Waals surface area contributed by atoms with E-state index in [2.05, 4.69) is 51.2 Å². The maximum absolute atomic E-state index is 5.87. The summed E-state index contributed by atoms with van der Waals surface area (Å²) in [6.45, 7) is 9.76. The van der Waals surface area contributed by atoms with E-state index in [9.17, 15) is 0 Å². The predicted octanol–water partition coefficient (Wildman–Crippen LogP) is 4.77. The van der Waals surface area contributed by atoms with Gasteiger partial charge in [-0.25, -0.2) is 0 Å². The molecule has 0 radical (unpaired) electrons. The van der Waals surface area contributed by atoms with Crippen LogP contribution in [0.2, 0.25) is 0 Å². The fraction of sp³-hybridized carbons (Fsp3) is 0.647. The van der Waals surface area contributed by atoms with Gasteiger partial charge in [-0.15, -0.1) is 0 Å². The fourth-order valence-corrected chi connectivity index (χ4v) is 2.86. The van der Waals surface area contributed by atoms with Crippen molar-refractivity contribution in [3.63, 3.8) is 0 Å². The van der Waals surface area contributed by atoms with Gasteiger partial charge in [0.1, 0.15) is 5.75 Å². The van der Waals surface area contributed by atoms with Crippen molar-refractivity contribution in [2.24, 2.45) is 5.41 Å². The first kappa shape index (κ1) is 14.2. The third-order valence-corrected chi connectivity index (χ3v) is 3.93. The summed E-state index contributed by atoms with van der Waals surface area (Å²) >= 11 is 0. The summed E-state index contributed by atoms with van der Waals surface area (Å²) in [6.07, 6.45) is 4.85. The molecule has 0 amide bonds. The summed E-state index contributed by atoms with van der Waals surface area (Å²) in [6, 6.07) is 7.03. The highest BCUT2D eigenvalue weighted by Crippen LogP contribution is 2.39. The Kier molecular flexibility index (Phi) is 4.38. The molecule has 0 spiro atoms. The van der Waals surface area contributed by atoms with Gasteiger partial charge < -0.3 is 10.1 Å². The monoisotopic (exact) mass is 261 g/mol. The zero-order valence-corrected chi connectivity index (χ0v) is 12.8. The number of rotatable bonds is 5. The van der Waals surface area contributed by atoms with E-state index in [0.29, 0.717) is 11.5 Å². The lowest BCUT2D eigenvalue weighted by atomic mass is 9.92. The number of ether oxygens (including phenoxy) is 1. The lowest BCUT2D eigenvalue weighted by Crippen LogP contribution is -2.18. The molecule has 1 saturated carbocycles. The van der Waals surface area contributed by atoms with Crippen molar-refractivity contribution >= 4 is 5.69 Å². The van der Waals surface area contributed by atoms with Crippen LogP contribution in [-0.4, -0.2) is 12.6 Å². The van der Waals surface area contributed by atoms with E-state index < -0.39 is 0 Å². The molecule has 1 aliphatic rings. The number of hydrogen-bond donors (Lipinski definition) is 1. The van der Waals surface area contributed by atoms with Crippen molar-refractivity contribution in [2.75, 3.05) is 11.9 Å². The molecule has 2 heteroatoms. The van der Waals surface area contributed by atoms with Crippen LogP contribution in [0.5, 0.6) is 5.75 Å². The molecule has 2 nitrogen and oxygen atoms in total. The van der Waals surface area contributed by atoms with E-state index in [-0.39, 0.29) is 0 Å². The maximum Gasteiger partial charge on any atom is 0.142 e. The highest BCUT2D eigenvalue weighted by atomic mass is 16.5. The molecular formula is C17H27NO. The van der Waals surface area contributed by atoms with Crippen molar-refractivity contribution in [3.8, 4) is 5.75 Å². The van der Waals surface area contributed by atoms with Crippen LogP contribution in [0.15, 0.2) is 18.2 Å². The Hall–Kier alpha value is -1.18. The zero-order valence-electron chi connectivity index (χ0n) is 12.8. The molecule has 0 aliphatic heterocycles. The Labute approximate surface area is 117 Å². The Morgan fingerprint density at radius 2 is 2.16 bits per heavy atom. The SMILES string of the molecule is CCCOc1cc(C)ccc1NC1CCC(C)(C)C1. The van der Waals surface area contributed by atoms with Gasteiger partial charge in [-0.3, -0.25) is 0 Å². The Morgan fingerprint density at radius 3 is 2.79 bits per heavy atom. The third kappa shape index (κ3) is 3.89. The van der Waals surface area contributed by atoms with Crippen LogP contribution in [0.4, 0.5) is 5.69 Å². The van der Waals surface area contributed by atoms with Crippen LogP contribution in [-0.2, 0) is 0 Å². The van der Waals surface area contributed by atoms with Crippen LogP contribution < -0.4 is 10.1 Å². The lowest BCUT2D eigenvalue weighted by molar-refractivity contribution is 0.318. The quantitative estimate of drug-likeness (QED) is 0.824. The Morgan fingerprint density at radius 1 is 1.37 bits per heavy atom. The molecule has 2 rings (SSSR count). The van der Waals surface area contributed by atoms with Gasteiger partial charge in [0.05, 0.1) is 12.3 Å². The van der Waals surface area contributed by atoms with Crippen LogP contribution in [0.3, 0.4) is 0 Å². The topological polar surface area (TPSA) is 21.3 Å². The summed E-state index contributed by atoms with van der Waals surface area (Å²) in [7, 11) is 0. The molecule has 106 valence electrons. The second kappa shape index (κ2) is 5.85. The van der Waals surface area contributed by atoms with Crippen molar-refractivity contribution < 1.29 is 4.74 Å². The molecule has 0 saturated heterocycles. The molecule has 1 unspecified atom stereocenters. The van der Waals surface area contributed by atoms with Gasteiger partial charge in [0.2, 0.25) is 0 Å². The molecule has 0 bridgehead atoms. The van der Waals surface area contributed by atoms with Gasteiger partial charge in [-0.05, 0) is 55.7 Å². The molecule has 1 fully saturated rings. The summed E-state index contributed by atoms with van der Waals surface area (Å²) in [5.41, 5.74) is 2.89. The number of benzene rings is 1. The number of nitrogens with one attached hydrogen (secondary N) is 1. The van der Waals surface area contributed by atoms with Gasteiger partial charge >= 0.3 is 0 Å². The second-order valence-corrected chi connectivity index (χ2v) is 6.60. The average Bonchev–Trinajstić information content (AvgIpc) is 2.69. The molecule has 19 heavy (non-hydrogen) atoms. The first-order chi connectivity index (χ1) is 9.00. The molecule has 1 aromatic rings. The van der Waals surface area contributed by atoms with E-state index in [1.807, 2.05) is 0 Å². The third-order valence-electron chi connectivity index (χ3n) is 3.93. The minimum absolute atomic E-state index is 0.479. The summed E-state index contributed by atoms with van der Waals surface area (Å²) in [5.74, 6) is 1.01. The highest BCUT2D eigenvalue weighted by molar-refractivity contribution is 5.58. The number of hydrogen-bond acceptors (Lipinski definition) is 2. The van der Waals surface area contributed by atoms with Crippen molar-refractivity contribution in [2.45, 2.75) is 59.4 Å². The Balaban J connectivity index is 2.07. The predicted molar refractivity (Wildman–Crippen MR) is 82.0 cm³/mol. The molecule has 1 aliphatic carbocycles. The van der Waals surface area contributed by atoms with Gasteiger partial charge in [0.25, 0.3) is 0 Å². The molecule has 0 aromatic heterocycles. The minimum atomic E-state index is 0.479. The Bertz CT molecular complexity index is 425. The van der Waals surface area contributed by atoms with E-state index >= 15 is 0 Å². The first-order valence-corrected chi connectivity index (χ1v) is 7.50. The summed E-state index contributed by atoms with van der Waals surface area (Å²) in [5, 5.41) is 3.68. The molecule has 1 aromatic carbocycles. The van der Waals surface area contributed by atoms with Gasteiger partial charge in [0.15, 0.2) is 0 Å². The number of anilines is 1. The normalized spacial score (nSPS) is 21.4. The molecule has 1 atom stereocenters. The van der Waals surface area contributed by atoms with Gasteiger partial charge in [-0.1, -0.05) is 26.8 Å². The standard InChI is InChI=1S/C17H27NO/c1-5-10-19-16-11-13(2)6-7-15(16)18-14-8-9-17(3,4)12-14/h6-7,11,14,18H,5,8-10,12H2,1-4H3. The first-order valence-electron chi connectivity index (χ1n) is 7.50. The molecule has 0 heterocycles. The zero-order chi connectivity index (χ0) is 13.9. The average molecular weight is 261 g/mol. The molecular weight excluding hydrogens is 234 g/mol. The maximum atomic E-state index is 5.87. The van der Waals surface area contributed by atoms with E-state index in [1.54, 1.807) is 0 Å². The van der Waals surface area contributed by atoms with E-state index in [1.165, 1.54) is 24.8 Å². The summed E-state index contributed by atoms with van der Waals surface area (Å²) in [4.78, 5) is 0. The van der Waals surface area contributed by atoms with E-state index in [4.69, 9.17) is 4.74 Å².